The molecule has 1 N–H and O–H groups in total. The second kappa shape index (κ2) is 4.64. The average molecular weight is 282 g/mol. The molecule has 19 heavy (non-hydrogen) atoms. The summed E-state index contributed by atoms with van der Waals surface area (Å²) in [4.78, 5) is 20.0. The molecule has 3 heterocycles. The molecule has 2 saturated heterocycles. The van der Waals surface area contributed by atoms with Gasteiger partial charge in [0, 0.05) is 45.5 Å². The van der Waals surface area contributed by atoms with Crippen LogP contribution in [0, 0.1) is 0 Å². The molecule has 104 valence electrons. The number of likely N-dealkylation sites (N-methyl/N-ethyl adjacent to an activating group) is 1. The molecular weight excluding hydrogens is 264 g/mol. The maximum absolute atomic E-state index is 11.5. The number of nitrogens with one attached hydrogen (secondary N) is 1. The van der Waals surface area contributed by atoms with Crippen LogP contribution in [0.25, 0.3) is 0 Å². The number of nitrogens with zero attached hydrogens (tertiary/aromatic N) is 3. The zero-order chi connectivity index (χ0) is 13.5. The van der Waals surface area contributed by atoms with E-state index in [1.165, 1.54) is 0 Å². The summed E-state index contributed by atoms with van der Waals surface area (Å²) in [6.45, 7) is 3.27. The molecule has 0 saturated carbocycles. The predicted molar refractivity (Wildman–Crippen MR) is 73.4 cm³/mol. The molecule has 1 amide bonds. The number of ether oxygens (including phenoxy) is 1. The third-order valence-corrected chi connectivity index (χ3v) is 4.60. The molecule has 2 aliphatic heterocycles. The molecule has 6 nitrogen and oxygen atoms in total. The van der Waals surface area contributed by atoms with Crippen LogP contribution in [0.15, 0.2) is 5.38 Å². The molecule has 1 atom stereocenters. The predicted octanol–water partition coefficient (Wildman–Crippen LogP) is 1.21. The number of likely N-dealkylation sites (tertiary alicyclic amines) is 1. The van der Waals surface area contributed by atoms with Crippen LogP contribution in [0.4, 0.5) is 9.93 Å². The topological polar surface area (TPSA) is 57.7 Å². The number of hydrogen-bond donors (Lipinski definition) is 1. The van der Waals surface area contributed by atoms with Crippen molar-refractivity contribution in [3.8, 4) is 0 Å². The van der Waals surface area contributed by atoms with Crippen molar-refractivity contribution in [1.29, 1.82) is 0 Å². The summed E-state index contributed by atoms with van der Waals surface area (Å²) in [5.74, 6) is 0. The number of amides is 1. The Balaban J connectivity index is 1.62. The van der Waals surface area contributed by atoms with E-state index in [4.69, 9.17) is 4.74 Å². The van der Waals surface area contributed by atoms with Crippen LogP contribution in [-0.4, -0.2) is 60.2 Å². The molecule has 1 aromatic rings. The van der Waals surface area contributed by atoms with E-state index in [1.807, 2.05) is 7.05 Å². The smallest absolute Gasteiger partial charge is 0.410 e. The van der Waals surface area contributed by atoms with Crippen LogP contribution >= 0.6 is 11.3 Å². The highest BCUT2D eigenvalue weighted by Gasteiger charge is 2.48. The van der Waals surface area contributed by atoms with Gasteiger partial charge in [0.25, 0.3) is 0 Å². The highest BCUT2D eigenvalue weighted by atomic mass is 32.1. The number of hydrogen-bond acceptors (Lipinski definition) is 6. The molecule has 0 bridgehead atoms. The lowest BCUT2D eigenvalue weighted by Crippen LogP contribution is -2.37. The van der Waals surface area contributed by atoms with E-state index >= 15 is 0 Å². The summed E-state index contributed by atoms with van der Waals surface area (Å²) in [6, 6.07) is 0. The molecule has 0 aromatic carbocycles. The first-order valence-corrected chi connectivity index (χ1v) is 7.27. The Hall–Kier alpha value is -1.34. The molecule has 2 fully saturated rings. The lowest BCUT2D eigenvalue weighted by molar-refractivity contribution is 0.0626. The Morgan fingerprint density at radius 1 is 1.58 bits per heavy atom. The normalized spacial score (nSPS) is 27.3. The minimum atomic E-state index is -0.298. The zero-order valence-electron chi connectivity index (χ0n) is 11.2. The second-order valence-electron chi connectivity index (χ2n) is 5.26. The number of anilines is 1. The first kappa shape index (κ1) is 12.7. The quantitative estimate of drug-likeness (QED) is 0.903. The highest BCUT2D eigenvalue weighted by molar-refractivity contribution is 7.13. The van der Waals surface area contributed by atoms with Crippen molar-refractivity contribution < 1.29 is 9.53 Å². The third-order valence-electron chi connectivity index (χ3n) is 3.69. The number of rotatable bonds is 3. The van der Waals surface area contributed by atoms with Gasteiger partial charge in [-0.3, -0.25) is 4.90 Å². The van der Waals surface area contributed by atoms with Gasteiger partial charge in [0.2, 0.25) is 0 Å². The Kier molecular flexibility index (Phi) is 3.10. The van der Waals surface area contributed by atoms with Crippen LogP contribution in [0.2, 0.25) is 0 Å². The Morgan fingerprint density at radius 2 is 2.42 bits per heavy atom. The van der Waals surface area contributed by atoms with Gasteiger partial charge >= 0.3 is 6.09 Å². The largest absolute Gasteiger partial charge is 0.439 e. The molecule has 3 rings (SSSR count). The number of carbonyl (C=O) groups is 1. The van der Waals surface area contributed by atoms with Gasteiger partial charge in [-0.1, -0.05) is 0 Å². The van der Waals surface area contributed by atoms with E-state index in [9.17, 15) is 4.79 Å². The van der Waals surface area contributed by atoms with Crippen molar-refractivity contribution >= 4 is 22.6 Å². The summed E-state index contributed by atoms with van der Waals surface area (Å²) >= 11 is 1.61. The summed E-state index contributed by atoms with van der Waals surface area (Å²) < 4.78 is 5.53. The fraction of sp³-hybridized carbons (Fsp3) is 0.667. The van der Waals surface area contributed by atoms with Crippen LogP contribution < -0.4 is 5.32 Å². The van der Waals surface area contributed by atoms with Crippen molar-refractivity contribution in [3.63, 3.8) is 0 Å². The third kappa shape index (κ3) is 2.40. The molecule has 1 aromatic heterocycles. The summed E-state index contributed by atoms with van der Waals surface area (Å²) in [5, 5.41) is 6.06. The van der Waals surface area contributed by atoms with Crippen LogP contribution in [0.3, 0.4) is 0 Å². The van der Waals surface area contributed by atoms with Crippen LogP contribution in [-0.2, 0) is 11.3 Å². The van der Waals surface area contributed by atoms with Crippen molar-refractivity contribution in [2.45, 2.75) is 18.6 Å². The molecule has 2 aliphatic rings. The van der Waals surface area contributed by atoms with E-state index in [0.717, 1.165) is 36.9 Å². The monoisotopic (exact) mass is 282 g/mol. The number of aromatic nitrogens is 1. The maximum atomic E-state index is 11.5. The minimum Gasteiger partial charge on any atom is -0.439 e. The number of thiazole rings is 1. The van der Waals surface area contributed by atoms with E-state index in [1.54, 1.807) is 23.3 Å². The molecule has 0 radical (unpaired) electrons. The van der Waals surface area contributed by atoms with Gasteiger partial charge < -0.3 is 15.0 Å². The Bertz CT molecular complexity index is 492. The summed E-state index contributed by atoms with van der Waals surface area (Å²) in [6.07, 6.45) is 0.708. The number of carbonyl (C=O) groups excluding carboxylic acids is 1. The van der Waals surface area contributed by atoms with Gasteiger partial charge in [0.1, 0.15) is 5.60 Å². The molecule has 0 aliphatic carbocycles. The lowest BCUT2D eigenvalue weighted by atomic mass is 10.0. The molecule has 0 unspecified atom stereocenters. The van der Waals surface area contributed by atoms with Gasteiger partial charge in [-0.15, -0.1) is 11.3 Å². The van der Waals surface area contributed by atoms with Crippen molar-refractivity contribution in [2.24, 2.45) is 0 Å². The van der Waals surface area contributed by atoms with Gasteiger partial charge in [-0.2, -0.15) is 0 Å². The highest BCUT2D eigenvalue weighted by Crippen LogP contribution is 2.32. The maximum Gasteiger partial charge on any atom is 0.410 e. The second-order valence-corrected chi connectivity index (χ2v) is 6.12. The molecule has 1 spiro atoms. The first-order valence-electron chi connectivity index (χ1n) is 6.39. The molecule has 7 heteroatoms. The fourth-order valence-electron chi connectivity index (χ4n) is 2.79. The van der Waals surface area contributed by atoms with Gasteiger partial charge in [0.05, 0.1) is 12.2 Å². The van der Waals surface area contributed by atoms with Crippen molar-refractivity contribution in [2.75, 3.05) is 39.0 Å². The lowest BCUT2D eigenvalue weighted by Gasteiger charge is -2.21. The van der Waals surface area contributed by atoms with E-state index in [2.05, 4.69) is 20.6 Å². The standard InChI is InChI=1S/C12H18N4O2S/c1-13-10-14-9(6-19-10)5-16-4-3-12(8-16)7-15(2)11(17)18-12/h6H,3-5,7-8H2,1-2H3,(H,13,14)/t12-/m0/s1. The SMILES string of the molecule is CNc1nc(CN2CC[C@@]3(C2)CN(C)C(=O)O3)cs1. The van der Waals surface area contributed by atoms with Crippen LogP contribution in [0.5, 0.6) is 0 Å². The van der Waals surface area contributed by atoms with Gasteiger partial charge in [-0.25, -0.2) is 9.78 Å². The Labute approximate surface area is 116 Å². The average Bonchev–Trinajstić information content (AvgIpc) is 3.03. The van der Waals surface area contributed by atoms with Gasteiger partial charge in [0.15, 0.2) is 5.13 Å². The van der Waals surface area contributed by atoms with Crippen LogP contribution in [0.1, 0.15) is 12.1 Å². The van der Waals surface area contributed by atoms with E-state index in [-0.39, 0.29) is 11.7 Å². The van der Waals surface area contributed by atoms with E-state index in [0.29, 0.717) is 6.54 Å². The van der Waals surface area contributed by atoms with E-state index < -0.39 is 0 Å². The summed E-state index contributed by atoms with van der Waals surface area (Å²) in [7, 11) is 3.67. The van der Waals surface area contributed by atoms with Crippen molar-refractivity contribution in [3.05, 3.63) is 11.1 Å². The fourth-order valence-corrected chi connectivity index (χ4v) is 3.45. The minimum absolute atomic E-state index is 0.201. The molecular formula is C12H18N4O2S. The van der Waals surface area contributed by atoms with Gasteiger partial charge in [-0.05, 0) is 0 Å². The Morgan fingerprint density at radius 3 is 3.05 bits per heavy atom. The summed E-state index contributed by atoms with van der Waals surface area (Å²) in [5.41, 5.74) is 0.775. The first-order chi connectivity index (χ1) is 9.10. The van der Waals surface area contributed by atoms with Crippen molar-refractivity contribution in [1.82, 2.24) is 14.8 Å². The zero-order valence-corrected chi connectivity index (χ0v) is 12.0.